The van der Waals surface area contributed by atoms with Gasteiger partial charge in [0, 0.05) is 24.3 Å². The van der Waals surface area contributed by atoms with E-state index in [4.69, 9.17) is 22.1 Å². The zero-order valence-corrected chi connectivity index (χ0v) is 10.1. The first-order valence-corrected chi connectivity index (χ1v) is 6.21. The lowest BCUT2D eigenvalue weighted by Crippen LogP contribution is -2.35. The van der Waals surface area contributed by atoms with Gasteiger partial charge in [0.2, 0.25) is 0 Å². The van der Waals surface area contributed by atoms with Crippen molar-refractivity contribution in [3.63, 3.8) is 0 Å². The Kier molecular flexibility index (Phi) is 4.22. The molecule has 88 valence electrons. The van der Waals surface area contributed by atoms with E-state index in [1.165, 1.54) is 5.56 Å². The Balaban J connectivity index is 1.90. The molecule has 2 nitrogen and oxygen atoms in total. The van der Waals surface area contributed by atoms with Gasteiger partial charge in [-0.1, -0.05) is 23.7 Å². The van der Waals surface area contributed by atoms with Crippen LogP contribution in [0.1, 0.15) is 18.4 Å². The maximum atomic E-state index is 6.23. The monoisotopic (exact) mass is 239 g/mol. The standard InChI is InChI=1S/C13H18ClNO/c14-12-3-1-10(2-4-12)9-13(15)11-5-7-16-8-6-11/h1-4,11,13H,5-9,15H2. The molecule has 1 fully saturated rings. The molecule has 1 aromatic carbocycles. The molecular weight excluding hydrogens is 222 g/mol. The highest BCUT2D eigenvalue weighted by atomic mass is 35.5. The van der Waals surface area contributed by atoms with Gasteiger partial charge >= 0.3 is 0 Å². The van der Waals surface area contributed by atoms with E-state index in [9.17, 15) is 0 Å². The molecule has 0 aliphatic carbocycles. The number of nitrogens with two attached hydrogens (primary N) is 1. The van der Waals surface area contributed by atoms with Crippen molar-refractivity contribution < 1.29 is 4.74 Å². The predicted molar refractivity (Wildman–Crippen MR) is 66.7 cm³/mol. The van der Waals surface area contributed by atoms with Crippen molar-refractivity contribution in [2.75, 3.05) is 13.2 Å². The maximum absolute atomic E-state index is 6.23. The van der Waals surface area contributed by atoms with E-state index in [0.29, 0.717) is 5.92 Å². The van der Waals surface area contributed by atoms with Crippen LogP contribution in [0.25, 0.3) is 0 Å². The fourth-order valence-corrected chi connectivity index (χ4v) is 2.33. The Morgan fingerprint density at radius 2 is 1.88 bits per heavy atom. The van der Waals surface area contributed by atoms with Gasteiger partial charge in [-0.15, -0.1) is 0 Å². The van der Waals surface area contributed by atoms with Gasteiger partial charge in [0.25, 0.3) is 0 Å². The summed E-state index contributed by atoms with van der Waals surface area (Å²) in [5.74, 6) is 0.601. The van der Waals surface area contributed by atoms with E-state index in [2.05, 4.69) is 12.1 Å². The van der Waals surface area contributed by atoms with Crippen molar-refractivity contribution in [1.82, 2.24) is 0 Å². The van der Waals surface area contributed by atoms with Crippen molar-refractivity contribution in [2.24, 2.45) is 11.7 Å². The van der Waals surface area contributed by atoms with Crippen LogP contribution in [0, 0.1) is 5.92 Å². The zero-order chi connectivity index (χ0) is 11.4. The van der Waals surface area contributed by atoms with E-state index in [1.54, 1.807) is 0 Å². The Morgan fingerprint density at radius 3 is 2.50 bits per heavy atom. The van der Waals surface area contributed by atoms with Crippen LogP contribution in [-0.2, 0) is 11.2 Å². The van der Waals surface area contributed by atoms with Gasteiger partial charge in [0.1, 0.15) is 0 Å². The highest BCUT2D eigenvalue weighted by molar-refractivity contribution is 6.30. The topological polar surface area (TPSA) is 35.2 Å². The Morgan fingerprint density at radius 1 is 1.25 bits per heavy atom. The first kappa shape index (κ1) is 11.9. The van der Waals surface area contributed by atoms with Gasteiger partial charge in [-0.25, -0.2) is 0 Å². The summed E-state index contributed by atoms with van der Waals surface area (Å²) in [5, 5.41) is 0.781. The fourth-order valence-electron chi connectivity index (χ4n) is 2.20. The van der Waals surface area contributed by atoms with Crippen LogP contribution in [0.2, 0.25) is 5.02 Å². The molecule has 1 saturated heterocycles. The molecule has 2 rings (SSSR count). The smallest absolute Gasteiger partial charge is 0.0469 e. The fraction of sp³-hybridized carbons (Fsp3) is 0.538. The molecule has 0 saturated carbocycles. The summed E-state index contributed by atoms with van der Waals surface area (Å²) in [6.45, 7) is 1.72. The van der Waals surface area contributed by atoms with Crippen molar-refractivity contribution in [3.8, 4) is 0 Å². The van der Waals surface area contributed by atoms with Gasteiger partial charge < -0.3 is 10.5 Å². The van der Waals surface area contributed by atoms with Crippen LogP contribution < -0.4 is 5.73 Å². The third-order valence-electron chi connectivity index (χ3n) is 3.26. The first-order valence-electron chi connectivity index (χ1n) is 5.83. The molecule has 3 heteroatoms. The third kappa shape index (κ3) is 3.21. The quantitative estimate of drug-likeness (QED) is 0.880. The van der Waals surface area contributed by atoms with Gasteiger partial charge in [-0.2, -0.15) is 0 Å². The summed E-state index contributed by atoms with van der Waals surface area (Å²) in [4.78, 5) is 0. The van der Waals surface area contributed by atoms with Gasteiger partial charge in [-0.05, 0) is 42.9 Å². The Hall–Kier alpha value is -0.570. The summed E-state index contributed by atoms with van der Waals surface area (Å²) in [6, 6.07) is 8.20. The summed E-state index contributed by atoms with van der Waals surface area (Å²) in [5.41, 5.74) is 7.50. The summed E-state index contributed by atoms with van der Waals surface area (Å²) in [7, 11) is 0. The Labute approximate surface area is 102 Å². The van der Waals surface area contributed by atoms with E-state index in [0.717, 1.165) is 37.5 Å². The van der Waals surface area contributed by atoms with Gasteiger partial charge in [-0.3, -0.25) is 0 Å². The molecule has 0 aromatic heterocycles. The second kappa shape index (κ2) is 5.67. The maximum Gasteiger partial charge on any atom is 0.0469 e. The predicted octanol–water partition coefficient (Wildman–Crippen LogP) is 2.64. The molecule has 1 heterocycles. The van der Waals surface area contributed by atoms with Crippen LogP contribution in [0.5, 0.6) is 0 Å². The SMILES string of the molecule is NC(Cc1ccc(Cl)cc1)C1CCOCC1. The van der Waals surface area contributed by atoms with Crippen molar-refractivity contribution >= 4 is 11.6 Å². The summed E-state index contributed by atoms with van der Waals surface area (Å²) < 4.78 is 5.34. The normalized spacial score (nSPS) is 19.6. The molecule has 1 aromatic rings. The third-order valence-corrected chi connectivity index (χ3v) is 3.51. The minimum absolute atomic E-state index is 0.241. The molecule has 2 N–H and O–H groups in total. The second-order valence-electron chi connectivity index (χ2n) is 4.44. The molecule has 1 aliphatic rings. The molecule has 0 radical (unpaired) electrons. The molecular formula is C13H18ClNO. The number of benzene rings is 1. The lowest BCUT2D eigenvalue weighted by Gasteiger charge is -2.27. The largest absolute Gasteiger partial charge is 0.381 e. The van der Waals surface area contributed by atoms with Crippen LogP contribution in [0.3, 0.4) is 0 Å². The van der Waals surface area contributed by atoms with Crippen molar-refractivity contribution in [2.45, 2.75) is 25.3 Å². The lowest BCUT2D eigenvalue weighted by atomic mass is 9.88. The van der Waals surface area contributed by atoms with E-state index in [1.807, 2.05) is 12.1 Å². The number of hydrogen-bond acceptors (Lipinski definition) is 2. The molecule has 0 amide bonds. The second-order valence-corrected chi connectivity index (χ2v) is 4.88. The molecule has 1 unspecified atom stereocenters. The summed E-state index contributed by atoms with van der Waals surface area (Å²) >= 11 is 5.85. The highest BCUT2D eigenvalue weighted by Crippen LogP contribution is 2.20. The number of ether oxygens (including phenoxy) is 1. The average molecular weight is 240 g/mol. The van der Waals surface area contributed by atoms with E-state index in [-0.39, 0.29) is 6.04 Å². The van der Waals surface area contributed by atoms with Gasteiger partial charge in [0.05, 0.1) is 0 Å². The van der Waals surface area contributed by atoms with E-state index < -0.39 is 0 Å². The van der Waals surface area contributed by atoms with Gasteiger partial charge in [0.15, 0.2) is 0 Å². The lowest BCUT2D eigenvalue weighted by molar-refractivity contribution is 0.0585. The molecule has 0 spiro atoms. The highest BCUT2D eigenvalue weighted by Gasteiger charge is 2.20. The molecule has 1 atom stereocenters. The number of hydrogen-bond donors (Lipinski definition) is 1. The number of halogens is 1. The minimum Gasteiger partial charge on any atom is -0.381 e. The van der Waals surface area contributed by atoms with Crippen molar-refractivity contribution in [3.05, 3.63) is 34.9 Å². The molecule has 1 aliphatic heterocycles. The first-order chi connectivity index (χ1) is 7.75. The van der Waals surface area contributed by atoms with Crippen LogP contribution in [-0.4, -0.2) is 19.3 Å². The zero-order valence-electron chi connectivity index (χ0n) is 9.36. The minimum atomic E-state index is 0.241. The molecule has 16 heavy (non-hydrogen) atoms. The Bertz CT molecular complexity index is 319. The van der Waals surface area contributed by atoms with Crippen LogP contribution in [0.4, 0.5) is 0 Å². The van der Waals surface area contributed by atoms with Crippen molar-refractivity contribution in [1.29, 1.82) is 0 Å². The van der Waals surface area contributed by atoms with Crippen LogP contribution in [0.15, 0.2) is 24.3 Å². The van der Waals surface area contributed by atoms with Crippen LogP contribution >= 0.6 is 11.6 Å². The summed E-state index contributed by atoms with van der Waals surface area (Å²) in [6.07, 6.45) is 3.12. The van der Waals surface area contributed by atoms with E-state index >= 15 is 0 Å². The molecule has 0 bridgehead atoms. The number of rotatable bonds is 3. The average Bonchev–Trinajstić information content (AvgIpc) is 2.33.